The predicted octanol–water partition coefficient (Wildman–Crippen LogP) is 4.03. The number of rotatable bonds is 2. The van der Waals surface area contributed by atoms with E-state index < -0.39 is 6.17 Å². The summed E-state index contributed by atoms with van der Waals surface area (Å²) in [5.41, 5.74) is 2.64. The maximum atomic E-state index is 14.7. The smallest absolute Gasteiger partial charge is 0.137 e. The molecular weight excluding hydrogens is 355 g/mol. The number of fused-ring (bicyclic) bond motifs is 3. The molecule has 4 heterocycles. The average molecular weight is 376 g/mol. The number of piperidine rings is 2. The molecule has 1 aromatic carbocycles. The number of aromatic hydroxyl groups is 1. The molecular formula is C22H21FN4O. The summed E-state index contributed by atoms with van der Waals surface area (Å²) in [5.74, 6) is 0.135. The molecule has 0 saturated carbocycles. The lowest BCUT2D eigenvalue weighted by Gasteiger charge is -2.39. The molecule has 2 saturated heterocycles. The van der Waals surface area contributed by atoms with Gasteiger partial charge in [0.15, 0.2) is 0 Å². The van der Waals surface area contributed by atoms with E-state index in [-0.39, 0.29) is 11.8 Å². The molecule has 0 amide bonds. The van der Waals surface area contributed by atoms with Gasteiger partial charge in [-0.2, -0.15) is 0 Å². The van der Waals surface area contributed by atoms with Crippen molar-refractivity contribution in [3.8, 4) is 17.0 Å². The second-order valence-corrected chi connectivity index (χ2v) is 7.64. The summed E-state index contributed by atoms with van der Waals surface area (Å²) in [6, 6.07) is 5.74. The third kappa shape index (κ3) is 3.14. The first-order valence-corrected chi connectivity index (χ1v) is 9.67. The Morgan fingerprint density at radius 3 is 2.89 bits per heavy atom. The van der Waals surface area contributed by atoms with Gasteiger partial charge in [0.2, 0.25) is 0 Å². The van der Waals surface area contributed by atoms with Crippen LogP contribution in [0.5, 0.6) is 5.75 Å². The van der Waals surface area contributed by atoms with E-state index in [1.54, 1.807) is 30.9 Å². The topological polar surface area (TPSA) is 70.9 Å². The first-order chi connectivity index (χ1) is 13.7. The third-order valence-electron chi connectivity index (χ3n) is 5.74. The first-order valence-electron chi connectivity index (χ1n) is 9.67. The van der Waals surface area contributed by atoms with Crippen LogP contribution in [-0.2, 0) is 0 Å². The van der Waals surface area contributed by atoms with Crippen LogP contribution in [0.1, 0.15) is 31.4 Å². The van der Waals surface area contributed by atoms with Crippen LogP contribution in [0.3, 0.4) is 0 Å². The highest BCUT2D eigenvalue weighted by atomic mass is 19.1. The molecule has 28 heavy (non-hydrogen) atoms. The highest BCUT2D eigenvalue weighted by molar-refractivity contribution is 5.89. The molecule has 0 unspecified atom stereocenters. The number of alkyl halides is 1. The molecule has 3 atom stereocenters. The largest absolute Gasteiger partial charge is 0.507 e. The van der Waals surface area contributed by atoms with Gasteiger partial charge in [-0.25, -0.2) is 4.39 Å². The number of halogens is 1. The molecule has 142 valence electrons. The van der Waals surface area contributed by atoms with Gasteiger partial charge >= 0.3 is 0 Å². The second kappa shape index (κ2) is 6.95. The normalized spacial score (nSPS) is 25.9. The van der Waals surface area contributed by atoms with Crippen molar-refractivity contribution in [1.82, 2.24) is 20.3 Å². The summed E-state index contributed by atoms with van der Waals surface area (Å²) >= 11 is 0. The summed E-state index contributed by atoms with van der Waals surface area (Å²) in [6.45, 7) is 0. The van der Waals surface area contributed by atoms with Crippen molar-refractivity contribution in [2.45, 2.75) is 43.9 Å². The number of aromatic nitrogens is 3. The Morgan fingerprint density at radius 1 is 1.11 bits per heavy atom. The molecule has 2 aromatic heterocycles. The van der Waals surface area contributed by atoms with E-state index in [9.17, 15) is 9.50 Å². The highest BCUT2D eigenvalue weighted by Crippen LogP contribution is 2.34. The maximum Gasteiger partial charge on any atom is 0.137 e. The van der Waals surface area contributed by atoms with Crippen LogP contribution in [0.25, 0.3) is 28.1 Å². The number of pyridine rings is 1. The molecule has 2 bridgehead atoms. The van der Waals surface area contributed by atoms with Crippen LogP contribution in [-0.4, -0.2) is 38.3 Å². The molecule has 0 radical (unpaired) electrons. The lowest BCUT2D eigenvalue weighted by Crippen LogP contribution is -2.52. The molecule has 6 heteroatoms. The SMILES string of the molecule is Oc1cc2cnccc2cc1-c1cnc(/C=C2\C[C@H]3CCC[C@H](N3)[C@H]2F)cn1. The zero-order chi connectivity index (χ0) is 19.1. The van der Waals surface area contributed by atoms with Crippen molar-refractivity contribution in [2.24, 2.45) is 0 Å². The zero-order valence-corrected chi connectivity index (χ0v) is 15.3. The number of phenolic OH excluding ortho intramolecular Hbond substituents is 1. The van der Waals surface area contributed by atoms with Gasteiger partial charge in [-0.1, -0.05) is 6.42 Å². The second-order valence-electron chi connectivity index (χ2n) is 7.64. The van der Waals surface area contributed by atoms with Crippen molar-refractivity contribution in [3.05, 3.63) is 54.3 Å². The van der Waals surface area contributed by atoms with E-state index in [2.05, 4.69) is 20.3 Å². The monoisotopic (exact) mass is 376 g/mol. The fourth-order valence-electron chi connectivity index (χ4n) is 4.31. The highest BCUT2D eigenvalue weighted by Gasteiger charge is 2.36. The summed E-state index contributed by atoms with van der Waals surface area (Å²) in [6.07, 6.45) is 11.4. The quantitative estimate of drug-likeness (QED) is 0.707. The number of nitrogens with zero attached hydrogens (tertiary/aromatic N) is 3. The minimum absolute atomic E-state index is 0.0741. The van der Waals surface area contributed by atoms with Gasteiger partial charge in [0.1, 0.15) is 11.9 Å². The van der Waals surface area contributed by atoms with Crippen LogP contribution >= 0.6 is 0 Å². The standard InChI is InChI=1S/C22H21FN4O/c23-22-14(6-16-2-1-3-19(22)27-16)7-17-11-26-20(12-25-17)18-8-13-4-5-24-10-15(13)9-21(18)28/h4-5,7-12,16,19,22,27-28H,1-3,6H2/b14-7+/t16-,19+,22+/m1/s1. The Labute approximate surface area is 162 Å². The molecule has 2 fully saturated rings. The summed E-state index contributed by atoms with van der Waals surface area (Å²) in [5, 5.41) is 15.6. The van der Waals surface area contributed by atoms with Crippen molar-refractivity contribution >= 4 is 16.8 Å². The number of hydrogen-bond acceptors (Lipinski definition) is 5. The lowest BCUT2D eigenvalue weighted by atomic mass is 9.82. The van der Waals surface area contributed by atoms with E-state index >= 15 is 0 Å². The molecule has 0 aliphatic carbocycles. The molecule has 5 nitrogen and oxygen atoms in total. The van der Waals surface area contributed by atoms with E-state index in [1.165, 1.54) is 0 Å². The zero-order valence-electron chi connectivity index (χ0n) is 15.3. The van der Waals surface area contributed by atoms with E-state index in [0.717, 1.165) is 42.0 Å². The molecule has 2 aliphatic rings. The summed E-state index contributed by atoms with van der Waals surface area (Å²) in [4.78, 5) is 13.0. The van der Waals surface area contributed by atoms with Crippen LogP contribution in [0.4, 0.5) is 4.39 Å². The van der Waals surface area contributed by atoms with Gasteiger partial charge in [0.25, 0.3) is 0 Å². The molecule has 3 aromatic rings. The van der Waals surface area contributed by atoms with Crippen LogP contribution in [0.15, 0.2) is 48.6 Å². The van der Waals surface area contributed by atoms with Crippen molar-refractivity contribution in [2.75, 3.05) is 0 Å². The van der Waals surface area contributed by atoms with E-state index in [4.69, 9.17) is 0 Å². The molecule has 2 N–H and O–H groups in total. The van der Waals surface area contributed by atoms with Crippen LogP contribution in [0.2, 0.25) is 0 Å². The third-order valence-corrected chi connectivity index (χ3v) is 5.74. The van der Waals surface area contributed by atoms with Gasteiger partial charge in [-0.15, -0.1) is 0 Å². The van der Waals surface area contributed by atoms with Gasteiger partial charge in [-0.3, -0.25) is 15.0 Å². The number of nitrogens with one attached hydrogen (secondary N) is 1. The Morgan fingerprint density at radius 2 is 2.04 bits per heavy atom. The van der Waals surface area contributed by atoms with Crippen molar-refractivity contribution in [3.63, 3.8) is 0 Å². The summed E-state index contributed by atoms with van der Waals surface area (Å²) in [7, 11) is 0. The van der Waals surface area contributed by atoms with Gasteiger partial charge < -0.3 is 10.4 Å². The Kier molecular flexibility index (Phi) is 4.28. The van der Waals surface area contributed by atoms with Gasteiger partial charge in [0, 0.05) is 35.4 Å². The minimum atomic E-state index is -0.962. The maximum absolute atomic E-state index is 14.7. The molecule has 5 rings (SSSR count). The van der Waals surface area contributed by atoms with Crippen LogP contribution in [0, 0.1) is 0 Å². The van der Waals surface area contributed by atoms with E-state index in [0.29, 0.717) is 23.0 Å². The number of benzene rings is 1. The Balaban J connectivity index is 1.44. The lowest BCUT2D eigenvalue weighted by molar-refractivity contribution is 0.179. The Bertz CT molecular complexity index is 1050. The fraction of sp³-hybridized carbons (Fsp3) is 0.318. The predicted molar refractivity (Wildman–Crippen MR) is 106 cm³/mol. The first kappa shape index (κ1) is 17.3. The Hall–Kier alpha value is -2.86. The van der Waals surface area contributed by atoms with Crippen LogP contribution < -0.4 is 5.32 Å². The molecule has 0 spiro atoms. The minimum Gasteiger partial charge on any atom is -0.507 e. The summed E-state index contributed by atoms with van der Waals surface area (Å²) < 4.78 is 14.7. The van der Waals surface area contributed by atoms with Crippen molar-refractivity contribution < 1.29 is 9.50 Å². The number of phenols is 1. The number of hydrogen-bond donors (Lipinski definition) is 2. The fourth-order valence-corrected chi connectivity index (χ4v) is 4.31. The van der Waals surface area contributed by atoms with Crippen molar-refractivity contribution in [1.29, 1.82) is 0 Å². The molecule has 2 aliphatic heterocycles. The van der Waals surface area contributed by atoms with Gasteiger partial charge in [-0.05, 0) is 54.5 Å². The van der Waals surface area contributed by atoms with E-state index in [1.807, 2.05) is 18.2 Å². The van der Waals surface area contributed by atoms with Gasteiger partial charge in [0.05, 0.1) is 23.8 Å². The average Bonchev–Trinajstić information content (AvgIpc) is 2.72.